The van der Waals surface area contributed by atoms with Crippen LogP contribution in [0.15, 0.2) is 84.1 Å². The zero-order valence-electron chi connectivity index (χ0n) is 19.4. The SMILES string of the molecule is CC1=C(C(=O)Nc2ccccc2)[C@@H](c2ccccc2Cl)c2c(sc(C(=O)c3ccc(Cl)c(Cl)c3)c2N)N1. The minimum Gasteiger partial charge on any atom is -0.397 e. The number of nitrogens with one attached hydrogen (secondary N) is 2. The van der Waals surface area contributed by atoms with Crippen LogP contribution in [-0.4, -0.2) is 11.7 Å². The van der Waals surface area contributed by atoms with E-state index in [4.69, 9.17) is 40.5 Å². The summed E-state index contributed by atoms with van der Waals surface area (Å²) < 4.78 is 0. The first kappa shape index (κ1) is 25.4. The Balaban J connectivity index is 1.64. The average Bonchev–Trinajstić information content (AvgIpc) is 3.21. The van der Waals surface area contributed by atoms with Gasteiger partial charge in [0.15, 0.2) is 0 Å². The van der Waals surface area contributed by atoms with Gasteiger partial charge in [0.25, 0.3) is 5.91 Å². The van der Waals surface area contributed by atoms with Crippen LogP contribution in [0.2, 0.25) is 15.1 Å². The Kier molecular flexibility index (Phi) is 7.01. The summed E-state index contributed by atoms with van der Waals surface area (Å²) in [6, 6.07) is 21.2. The molecule has 1 amide bonds. The number of carbonyl (C=O) groups is 2. The van der Waals surface area contributed by atoms with Crippen LogP contribution < -0.4 is 16.4 Å². The highest BCUT2D eigenvalue weighted by Crippen LogP contribution is 2.51. The van der Waals surface area contributed by atoms with Crippen LogP contribution in [0.5, 0.6) is 0 Å². The van der Waals surface area contributed by atoms with E-state index in [2.05, 4.69) is 10.6 Å². The molecular weight excluding hydrogens is 549 g/mol. The number of thiophene rings is 1. The minimum atomic E-state index is -0.597. The van der Waals surface area contributed by atoms with E-state index in [0.717, 1.165) is 0 Å². The van der Waals surface area contributed by atoms with Crippen LogP contribution >= 0.6 is 46.1 Å². The molecule has 3 aromatic carbocycles. The number of hydrogen-bond donors (Lipinski definition) is 3. The number of allylic oxidation sites excluding steroid dienone is 1. The van der Waals surface area contributed by atoms with Gasteiger partial charge >= 0.3 is 0 Å². The number of carbonyl (C=O) groups excluding carboxylic acids is 2. The zero-order chi connectivity index (χ0) is 26.3. The molecule has 1 aliphatic rings. The van der Waals surface area contributed by atoms with Crippen molar-refractivity contribution in [1.82, 2.24) is 0 Å². The lowest BCUT2D eigenvalue weighted by Crippen LogP contribution is -2.27. The maximum absolute atomic E-state index is 13.6. The summed E-state index contributed by atoms with van der Waals surface area (Å²) in [4.78, 5) is 27.5. The predicted molar refractivity (Wildman–Crippen MR) is 153 cm³/mol. The van der Waals surface area contributed by atoms with Gasteiger partial charge in [-0.05, 0) is 48.9 Å². The van der Waals surface area contributed by atoms with E-state index in [-0.39, 0.29) is 22.4 Å². The van der Waals surface area contributed by atoms with Crippen molar-refractivity contribution >= 4 is 74.2 Å². The number of fused-ring (bicyclic) bond motifs is 1. The van der Waals surface area contributed by atoms with Gasteiger partial charge in [0.1, 0.15) is 4.88 Å². The molecule has 0 fully saturated rings. The van der Waals surface area contributed by atoms with Crippen LogP contribution in [0.25, 0.3) is 0 Å². The molecule has 9 heteroatoms. The van der Waals surface area contributed by atoms with E-state index in [0.29, 0.717) is 53.6 Å². The lowest BCUT2D eigenvalue weighted by molar-refractivity contribution is -0.113. The third-order valence-electron chi connectivity index (χ3n) is 6.15. The van der Waals surface area contributed by atoms with Crippen molar-refractivity contribution in [3.8, 4) is 0 Å². The Hall–Kier alpha value is -3.29. The molecule has 0 unspecified atom stereocenters. The summed E-state index contributed by atoms with van der Waals surface area (Å²) in [7, 11) is 0. The molecule has 1 aliphatic heterocycles. The summed E-state index contributed by atoms with van der Waals surface area (Å²) in [6.07, 6.45) is 0. The number of ketones is 1. The molecule has 4 aromatic rings. The van der Waals surface area contributed by atoms with Gasteiger partial charge in [0.2, 0.25) is 5.78 Å². The smallest absolute Gasteiger partial charge is 0.254 e. The summed E-state index contributed by atoms with van der Waals surface area (Å²) in [6.45, 7) is 1.82. The second-order valence-electron chi connectivity index (χ2n) is 8.48. The molecule has 0 spiro atoms. The van der Waals surface area contributed by atoms with Crippen molar-refractivity contribution in [2.45, 2.75) is 12.8 Å². The normalized spacial score (nSPS) is 14.6. The number of para-hydroxylation sites is 1. The number of nitrogens with two attached hydrogens (primary N) is 1. The van der Waals surface area contributed by atoms with E-state index in [9.17, 15) is 9.59 Å². The van der Waals surface area contributed by atoms with E-state index in [1.165, 1.54) is 17.4 Å². The molecule has 1 atom stereocenters. The molecule has 0 saturated heterocycles. The van der Waals surface area contributed by atoms with Crippen molar-refractivity contribution in [2.75, 3.05) is 16.4 Å². The third kappa shape index (κ3) is 4.74. The lowest BCUT2D eigenvalue weighted by Gasteiger charge is -2.29. The van der Waals surface area contributed by atoms with Gasteiger partial charge in [-0.1, -0.05) is 71.2 Å². The maximum atomic E-state index is 13.6. The fourth-order valence-corrected chi connectivity index (χ4v) is 6.13. The maximum Gasteiger partial charge on any atom is 0.254 e. The molecule has 0 radical (unpaired) electrons. The molecule has 4 N–H and O–H groups in total. The molecule has 5 nitrogen and oxygen atoms in total. The fourth-order valence-electron chi connectivity index (χ4n) is 4.41. The molecule has 37 heavy (non-hydrogen) atoms. The highest BCUT2D eigenvalue weighted by molar-refractivity contribution is 7.19. The van der Waals surface area contributed by atoms with Crippen molar-refractivity contribution in [3.63, 3.8) is 0 Å². The van der Waals surface area contributed by atoms with Crippen LogP contribution in [0.3, 0.4) is 0 Å². The van der Waals surface area contributed by atoms with Crippen molar-refractivity contribution < 1.29 is 9.59 Å². The van der Waals surface area contributed by atoms with E-state index < -0.39 is 5.92 Å². The van der Waals surface area contributed by atoms with Crippen LogP contribution in [0, 0.1) is 0 Å². The number of anilines is 3. The minimum absolute atomic E-state index is 0.275. The average molecular weight is 569 g/mol. The zero-order valence-corrected chi connectivity index (χ0v) is 22.5. The number of halogens is 3. The topological polar surface area (TPSA) is 84.2 Å². The molecule has 0 bridgehead atoms. The first-order valence-corrected chi connectivity index (χ1v) is 13.2. The number of amides is 1. The lowest BCUT2D eigenvalue weighted by atomic mass is 9.81. The van der Waals surface area contributed by atoms with Gasteiger partial charge in [-0.15, -0.1) is 11.3 Å². The summed E-state index contributed by atoms with van der Waals surface area (Å²) in [5.41, 5.74) is 10.4. The molecule has 5 rings (SSSR count). The standard InChI is InChI=1S/C28H20Cl3N3O2S/c1-14-21(27(36)34-16-7-3-2-4-8-16)22(17-9-5-6-10-18(17)29)23-24(32)26(37-28(23)33-14)25(35)15-11-12-19(30)20(31)13-15/h2-13,22,33H,32H2,1H3,(H,34,36)/t22-/m1/s1. The van der Waals surface area contributed by atoms with Gasteiger partial charge < -0.3 is 16.4 Å². The van der Waals surface area contributed by atoms with Gasteiger partial charge in [0, 0.05) is 39.0 Å². The molecule has 1 aromatic heterocycles. The van der Waals surface area contributed by atoms with Gasteiger partial charge in [0.05, 0.1) is 20.7 Å². The van der Waals surface area contributed by atoms with Gasteiger partial charge in [-0.3, -0.25) is 9.59 Å². The number of rotatable bonds is 5. The Morgan fingerprint density at radius 2 is 1.62 bits per heavy atom. The van der Waals surface area contributed by atoms with Crippen LogP contribution in [0.4, 0.5) is 16.4 Å². The summed E-state index contributed by atoms with van der Waals surface area (Å²) >= 11 is 20.1. The Labute approximate surface area is 232 Å². The monoisotopic (exact) mass is 567 g/mol. The molecule has 0 saturated carbocycles. The highest BCUT2D eigenvalue weighted by atomic mass is 35.5. The van der Waals surface area contributed by atoms with Gasteiger partial charge in [-0.2, -0.15) is 0 Å². The predicted octanol–water partition coefficient (Wildman–Crippen LogP) is 7.99. The van der Waals surface area contributed by atoms with E-state index in [1.807, 2.05) is 55.5 Å². The van der Waals surface area contributed by atoms with Crippen molar-refractivity contribution in [2.24, 2.45) is 0 Å². The number of benzene rings is 3. The fraction of sp³-hybridized carbons (Fsp3) is 0.0714. The Morgan fingerprint density at radius 3 is 2.32 bits per heavy atom. The molecular formula is C28H20Cl3N3O2S. The van der Waals surface area contributed by atoms with Crippen LogP contribution in [0.1, 0.15) is 39.2 Å². The number of hydrogen-bond acceptors (Lipinski definition) is 5. The number of nitrogen functional groups attached to an aromatic ring is 1. The summed E-state index contributed by atoms with van der Waals surface area (Å²) in [5.74, 6) is -1.18. The van der Waals surface area contributed by atoms with E-state index in [1.54, 1.807) is 18.2 Å². The second-order valence-corrected chi connectivity index (χ2v) is 10.7. The molecule has 186 valence electrons. The van der Waals surface area contributed by atoms with E-state index >= 15 is 0 Å². The molecule has 2 heterocycles. The first-order chi connectivity index (χ1) is 17.8. The van der Waals surface area contributed by atoms with Crippen LogP contribution in [-0.2, 0) is 4.79 Å². The van der Waals surface area contributed by atoms with Gasteiger partial charge in [-0.25, -0.2) is 0 Å². The third-order valence-corrected chi connectivity index (χ3v) is 8.37. The van der Waals surface area contributed by atoms with Crippen molar-refractivity contribution in [1.29, 1.82) is 0 Å². The Morgan fingerprint density at radius 1 is 0.919 bits per heavy atom. The highest BCUT2D eigenvalue weighted by Gasteiger charge is 2.38. The summed E-state index contributed by atoms with van der Waals surface area (Å²) in [5, 5.41) is 8.06. The first-order valence-electron chi connectivity index (χ1n) is 11.3. The van der Waals surface area contributed by atoms with Crippen molar-refractivity contribution in [3.05, 3.63) is 121 Å². The quantitative estimate of drug-likeness (QED) is 0.213. The second kappa shape index (κ2) is 10.2. The molecule has 0 aliphatic carbocycles. The largest absolute Gasteiger partial charge is 0.397 e. The Bertz CT molecular complexity index is 1580.